The second-order valence-corrected chi connectivity index (χ2v) is 5.53. The summed E-state index contributed by atoms with van der Waals surface area (Å²) in [5.41, 5.74) is 0.732. The second kappa shape index (κ2) is 13.9. The van der Waals surface area contributed by atoms with Crippen molar-refractivity contribution >= 4 is 29.8 Å². The van der Waals surface area contributed by atoms with Gasteiger partial charge in [0, 0.05) is 32.9 Å². The average Bonchev–Trinajstić information content (AvgIpc) is 2.55. The van der Waals surface area contributed by atoms with Gasteiger partial charge in [0.1, 0.15) is 6.29 Å². The third kappa shape index (κ3) is 13.7. The van der Waals surface area contributed by atoms with Crippen LogP contribution < -0.4 is 5.32 Å². The van der Waals surface area contributed by atoms with Crippen LogP contribution in [0.5, 0.6) is 0 Å². The lowest BCUT2D eigenvalue weighted by molar-refractivity contribution is -0.192. The molecule has 0 atom stereocenters. The van der Waals surface area contributed by atoms with Crippen LogP contribution in [0.3, 0.4) is 0 Å². The Morgan fingerprint density at radius 2 is 1.84 bits per heavy atom. The van der Waals surface area contributed by atoms with Crippen LogP contribution in [0, 0.1) is 0 Å². The van der Waals surface area contributed by atoms with Crippen molar-refractivity contribution in [2.75, 3.05) is 20.2 Å². The van der Waals surface area contributed by atoms with E-state index in [1.807, 2.05) is 0 Å². The molecule has 0 saturated heterocycles. The molecule has 1 N–H and O–H groups in total. The molecule has 0 aromatic heterocycles. The van der Waals surface area contributed by atoms with Gasteiger partial charge < -0.3 is 19.8 Å². The highest BCUT2D eigenvalue weighted by Crippen LogP contribution is 2.03. The van der Waals surface area contributed by atoms with Crippen LogP contribution in [-0.2, 0) is 28.9 Å². The van der Waals surface area contributed by atoms with E-state index in [1.165, 1.54) is 7.05 Å². The molecule has 9 nitrogen and oxygen atoms in total. The molecule has 0 aromatic rings. The summed E-state index contributed by atoms with van der Waals surface area (Å²) in [4.78, 5) is 54.3. The molecular weight excluding hydrogens is 330 g/mol. The Bertz CT molecular complexity index is 474. The summed E-state index contributed by atoms with van der Waals surface area (Å²) in [7, 11) is 1.34. The molecule has 0 saturated carbocycles. The summed E-state index contributed by atoms with van der Waals surface area (Å²) < 4.78 is 0. The summed E-state index contributed by atoms with van der Waals surface area (Å²) in [6, 6.07) is 0. The first kappa shape index (κ1) is 22.6. The van der Waals surface area contributed by atoms with E-state index in [0.717, 1.165) is 17.2 Å². The number of rotatable bonds is 12. The molecule has 25 heavy (non-hydrogen) atoms. The third-order valence-electron chi connectivity index (χ3n) is 2.89. The molecule has 9 heteroatoms. The standard InChI is InChI=1S/C16H27N3O6/c1-13(2)18-24-12-14(21)17-10-6-4-5-9-16(23)25-19(3)15(22)8-7-11-20/h11H,4-10,12H2,1-3H3,(H,17,21). The van der Waals surface area contributed by atoms with Gasteiger partial charge in [-0.1, -0.05) is 11.6 Å². The van der Waals surface area contributed by atoms with Crippen molar-refractivity contribution in [3.05, 3.63) is 0 Å². The zero-order valence-electron chi connectivity index (χ0n) is 15.1. The van der Waals surface area contributed by atoms with Gasteiger partial charge in [-0.3, -0.25) is 9.59 Å². The summed E-state index contributed by atoms with van der Waals surface area (Å²) in [6.45, 7) is 3.89. The fourth-order valence-electron chi connectivity index (χ4n) is 1.66. The maximum atomic E-state index is 11.6. The Morgan fingerprint density at radius 1 is 1.12 bits per heavy atom. The number of oxime groups is 1. The molecule has 0 aromatic carbocycles. The number of unbranched alkanes of at least 4 members (excludes halogenated alkanes) is 2. The van der Waals surface area contributed by atoms with Gasteiger partial charge in [-0.2, -0.15) is 5.06 Å². The second-order valence-electron chi connectivity index (χ2n) is 5.53. The minimum Gasteiger partial charge on any atom is -0.386 e. The smallest absolute Gasteiger partial charge is 0.332 e. The van der Waals surface area contributed by atoms with E-state index < -0.39 is 11.9 Å². The van der Waals surface area contributed by atoms with Gasteiger partial charge in [-0.25, -0.2) is 4.79 Å². The number of carbonyl (C=O) groups excluding carboxylic acids is 4. The SMILES string of the molecule is CC(C)=NOCC(=O)NCCCCCC(=O)ON(C)C(=O)CCC=O. The van der Waals surface area contributed by atoms with Crippen molar-refractivity contribution in [3.8, 4) is 0 Å². The normalized spacial score (nSPS) is 9.72. The number of hydrogen-bond acceptors (Lipinski definition) is 7. The molecule has 0 aliphatic carbocycles. The van der Waals surface area contributed by atoms with E-state index in [-0.39, 0.29) is 31.8 Å². The van der Waals surface area contributed by atoms with Crippen molar-refractivity contribution in [2.45, 2.75) is 52.4 Å². The van der Waals surface area contributed by atoms with Gasteiger partial charge in [0.2, 0.25) is 0 Å². The summed E-state index contributed by atoms with van der Waals surface area (Å²) in [5.74, 6) is -1.18. The van der Waals surface area contributed by atoms with Crippen LogP contribution in [0.2, 0.25) is 0 Å². The Balaban J connectivity index is 3.66. The van der Waals surface area contributed by atoms with E-state index in [9.17, 15) is 19.2 Å². The van der Waals surface area contributed by atoms with Gasteiger partial charge in [-0.15, -0.1) is 0 Å². The molecule has 142 valence electrons. The van der Waals surface area contributed by atoms with E-state index in [0.29, 0.717) is 25.7 Å². The van der Waals surface area contributed by atoms with Crippen LogP contribution >= 0.6 is 0 Å². The summed E-state index contributed by atoms with van der Waals surface area (Å²) in [5, 5.41) is 7.19. The molecule has 0 fully saturated rings. The molecule has 0 aliphatic heterocycles. The van der Waals surface area contributed by atoms with Gasteiger partial charge in [0.05, 0.1) is 5.71 Å². The molecular formula is C16H27N3O6. The number of hydroxylamine groups is 2. The Labute approximate surface area is 147 Å². The minimum absolute atomic E-state index is 0.0137. The monoisotopic (exact) mass is 357 g/mol. The molecule has 0 unspecified atom stereocenters. The van der Waals surface area contributed by atoms with Crippen molar-refractivity contribution in [1.82, 2.24) is 10.4 Å². The molecule has 0 heterocycles. The maximum absolute atomic E-state index is 11.6. The van der Waals surface area contributed by atoms with E-state index in [1.54, 1.807) is 13.8 Å². The average molecular weight is 357 g/mol. The van der Waals surface area contributed by atoms with E-state index in [4.69, 9.17) is 9.68 Å². The van der Waals surface area contributed by atoms with Gasteiger partial charge in [-0.05, 0) is 26.7 Å². The first-order chi connectivity index (χ1) is 11.9. The minimum atomic E-state index is -0.507. The predicted molar refractivity (Wildman–Crippen MR) is 90.4 cm³/mol. The zero-order valence-corrected chi connectivity index (χ0v) is 15.1. The lowest BCUT2D eigenvalue weighted by Gasteiger charge is -2.15. The largest absolute Gasteiger partial charge is 0.386 e. The van der Waals surface area contributed by atoms with Gasteiger partial charge in [0.15, 0.2) is 6.61 Å². The quantitative estimate of drug-likeness (QED) is 0.241. The maximum Gasteiger partial charge on any atom is 0.332 e. The van der Waals surface area contributed by atoms with Crippen LogP contribution in [0.4, 0.5) is 0 Å². The van der Waals surface area contributed by atoms with Gasteiger partial charge in [0.25, 0.3) is 11.8 Å². The number of nitrogens with one attached hydrogen (secondary N) is 1. The Hall–Kier alpha value is -2.45. The highest BCUT2D eigenvalue weighted by atomic mass is 16.7. The fraction of sp³-hybridized carbons (Fsp3) is 0.688. The molecule has 0 spiro atoms. The first-order valence-corrected chi connectivity index (χ1v) is 8.17. The van der Waals surface area contributed by atoms with Gasteiger partial charge >= 0.3 is 5.97 Å². The van der Waals surface area contributed by atoms with E-state index in [2.05, 4.69) is 10.5 Å². The summed E-state index contributed by atoms with van der Waals surface area (Å²) in [6.07, 6.45) is 2.94. The van der Waals surface area contributed by atoms with Crippen LogP contribution in [0.1, 0.15) is 52.4 Å². The molecule has 2 amide bonds. The lowest BCUT2D eigenvalue weighted by atomic mass is 10.2. The van der Waals surface area contributed by atoms with Crippen LogP contribution in [-0.4, -0.2) is 55.0 Å². The van der Waals surface area contributed by atoms with E-state index >= 15 is 0 Å². The molecule has 0 aliphatic rings. The molecule has 0 bridgehead atoms. The topological polar surface area (TPSA) is 114 Å². The van der Waals surface area contributed by atoms with Crippen LogP contribution in [0.25, 0.3) is 0 Å². The first-order valence-electron chi connectivity index (χ1n) is 8.17. The number of nitrogens with zero attached hydrogens (tertiary/aromatic N) is 2. The lowest BCUT2D eigenvalue weighted by Crippen LogP contribution is -2.29. The fourth-order valence-corrected chi connectivity index (χ4v) is 1.66. The predicted octanol–water partition coefficient (Wildman–Crippen LogP) is 0.971. The Morgan fingerprint density at radius 3 is 2.48 bits per heavy atom. The number of amides is 2. The van der Waals surface area contributed by atoms with Crippen molar-refractivity contribution in [2.24, 2.45) is 5.16 Å². The molecule has 0 radical (unpaired) electrons. The van der Waals surface area contributed by atoms with Crippen molar-refractivity contribution in [1.29, 1.82) is 0 Å². The Kier molecular flexibility index (Phi) is 12.6. The van der Waals surface area contributed by atoms with Crippen molar-refractivity contribution < 1.29 is 28.9 Å². The van der Waals surface area contributed by atoms with Crippen molar-refractivity contribution in [3.63, 3.8) is 0 Å². The third-order valence-corrected chi connectivity index (χ3v) is 2.89. The number of aldehydes is 1. The molecule has 0 rings (SSSR count). The highest BCUT2D eigenvalue weighted by molar-refractivity contribution is 5.80. The number of carbonyl (C=O) groups is 4. The van der Waals surface area contributed by atoms with Crippen LogP contribution in [0.15, 0.2) is 5.16 Å². The number of hydrogen-bond donors (Lipinski definition) is 1. The summed E-state index contributed by atoms with van der Waals surface area (Å²) >= 11 is 0. The highest BCUT2D eigenvalue weighted by Gasteiger charge is 2.13. The zero-order chi connectivity index (χ0) is 19.1.